The van der Waals surface area contributed by atoms with Crippen molar-refractivity contribution in [2.24, 2.45) is 0 Å². The SMILES string of the molecule is CC/C=C\C/C=C\C/C=C\C/C=C\C/C=C\C/C=C\C/C=C\CCCCCCCCCCCCCC(=O)NC(COP(=O)([O-])OCC[N+](C)(C)C)C(O)/C=C/CC/C=C/CCC. The number of quaternary nitrogens is 1. The molecule has 0 aromatic heterocycles. The van der Waals surface area contributed by atoms with Crippen LogP contribution in [0, 0.1) is 0 Å². The number of likely N-dealkylation sites (N-methyl/N-ethyl adjacent to an activating group) is 1. The van der Waals surface area contributed by atoms with E-state index in [4.69, 9.17) is 9.05 Å². The summed E-state index contributed by atoms with van der Waals surface area (Å²) in [5.41, 5.74) is 0. The molecule has 0 aromatic rings. The number of allylic oxidation sites excluding steroid dienone is 17. The molecule has 0 saturated carbocycles. The van der Waals surface area contributed by atoms with Gasteiger partial charge in [0, 0.05) is 6.42 Å². The van der Waals surface area contributed by atoms with Crippen LogP contribution in [0.1, 0.15) is 168 Å². The van der Waals surface area contributed by atoms with Crippen LogP contribution in [0.5, 0.6) is 0 Å². The first-order valence-corrected chi connectivity index (χ1v) is 25.7. The first kappa shape index (κ1) is 59.2. The number of phosphoric acid groups is 1. The van der Waals surface area contributed by atoms with Gasteiger partial charge in [0.1, 0.15) is 13.2 Å². The summed E-state index contributed by atoms with van der Waals surface area (Å²) >= 11 is 0. The summed E-state index contributed by atoms with van der Waals surface area (Å²) in [6, 6.07) is -0.908. The maximum absolute atomic E-state index is 12.8. The van der Waals surface area contributed by atoms with Crippen molar-refractivity contribution in [1.82, 2.24) is 5.32 Å². The Balaban J connectivity index is 4.04. The topological polar surface area (TPSA) is 108 Å². The number of nitrogens with zero attached hydrogens (tertiary/aromatic N) is 1. The number of carbonyl (C=O) groups excluding carboxylic acids is 1. The van der Waals surface area contributed by atoms with E-state index in [0.29, 0.717) is 17.4 Å². The number of amides is 1. The fourth-order valence-electron chi connectivity index (χ4n) is 6.15. The molecule has 0 aliphatic heterocycles. The van der Waals surface area contributed by atoms with Gasteiger partial charge < -0.3 is 28.8 Å². The number of unbranched alkanes of at least 4 members (excludes halogenated alkanes) is 13. The van der Waals surface area contributed by atoms with Crippen molar-refractivity contribution in [1.29, 1.82) is 0 Å². The Labute approximate surface area is 381 Å². The second kappa shape index (κ2) is 43.4. The van der Waals surface area contributed by atoms with Crippen molar-refractivity contribution in [3.8, 4) is 0 Å². The van der Waals surface area contributed by atoms with E-state index in [0.717, 1.165) is 89.9 Å². The van der Waals surface area contributed by atoms with Crippen molar-refractivity contribution in [3.63, 3.8) is 0 Å². The lowest BCUT2D eigenvalue weighted by Gasteiger charge is -2.29. The number of hydrogen-bond acceptors (Lipinski definition) is 6. The van der Waals surface area contributed by atoms with Gasteiger partial charge in [0.2, 0.25) is 5.91 Å². The van der Waals surface area contributed by atoms with Gasteiger partial charge in [0.25, 0.3) is 7.82 Å². The number of carbonyl (C=O) groups is 1. The zero-order valence-corrected chi connectivity index (χ0v) is 40.9. The van der Waals surface area contributed by atoms with E-state index in [-0.39, 0.29) is 12.5 Å². The molecule has 8 nitrogen and oxygen atoms in total. The molecule has 1 amide bonds. The molecule has 0 rings (SSSR count). The van der Waals surface area contributed by atoms with Crippen molar-refractivity contribution < 1.29 is 32.9 Å². The van der Waals surface area contributed by atoms with E-state index >= 15 is 0 Å². The van der Waals surface area contributed by atoms with Crippen LogP contribution in [-0.2, 0) is 18.4 Å². The third kappa shape index (κ3) is 45.2. The molecular weight excluding hydrogens is 792 g/mol. The summed E-state index contributed by atoms with van der Waals surface area (Å²) in [5, 5.41) is 13.6. The van der Waals surface area contributed by atoms with Crippen molar-refractivity contribution >= 4 is 13.7 Å². The van der Waals surface area contributed by atoms with Crippen molar-refractivity contribution in [2.45, 2.75) is 180 Å². The molecule has 0 saturated heterocycles. The Hall–Kier alpha value is -2.84. The highest BCUT2D eigenvalue weighted by atomic mass is 31.2. The molecule has 0 spiro atoms. The molecule has 354 valence electrons. The minimum atomic E-state index is -4.59. The minimum Gasteiger partial charge on any atom is -0.756 e. The van der Waals surface area contributed by atoms with E-state index in [9.17, 15) is 19.4 Å². The molecule has 0 bridgehead atoms. The highest BCUT2D eigenvalue weighted by molar-refractivity contribution is 7.45. The standard InChI is InChI=1S/C53H91N2O6P/c1-6-8-10-12-14-15-16-17-18-19-20-21-22-23-24-25-26-27-28-29-30-31-32-33-34-35-36-37-38-39-41-43-45-47-53(57)54-51(52(56)46-44-42-40-13-11-9-7-2)50-61-62(58,59)60-49-48-55(3,4)5/h8,10-11,13-15,17-18,20-21,23-24,26-27,29-30,44,46,51-52,56H,6-7,9,12,16,19,22,25,28,31-43,45,47-50H2,1-5H3,(H-,54,57,58,59)/b10-8-,13-11+,15-14-,18-17-,21-20-,24-23-,27-26-,30-29-,46-44+. The molecule has 62 heavy (non-hydrogen) atoms. The third-order valence-electron chi connectivity index (χ3n) is 9.95. The van der Waals surface area contributed by atoms with Crippen molar-refractivity contribution in [3.05, 3.63) is 109 Å². The van der Waals surface area contributed by atoms with Crippen LogP contribution >= 0.6 is 7.82 Å². The maximum Gasteiger partial charge on any atom is 0.268 e. The van der Waals surface area contributed by atoms with Crippen LogP contribution in [-0.4, -0.2) is 68.5 Å². The fourth-order valence-corrected chi connectivity index (χ4v) is 6.88. The van der Waals surface area contributed by atoms with Crippen LogP contribution in [0.4, 0.5) is 0 Å². The van der Waals surface area contributed by atoms with Crippen LogP contribution in [0.15, 0.2) is 109 Å². The molecular formula is C53H91N2O6P. The van der Waals surface area contributed by atoms with Gasteiger partial charge in [-0.25, -0.2) is 0 Å². The lowest BCUT2D eigenvalue weighted by atomic mass is 10.0. The molecule has 0 heterocycles. The molecule has 0 fully saturated rings. The summed E-state index contributed by atoms with van der Waals surface area (Å²) in [6.07, 6.45) is 63.3. The monoisotopic (exact) mass is 883 g/mol. The first-order chi connectivity index (χ1) is 30.0. The Morgan fingerprint density at radius 1 is 0.581 bits per heavy atom. The fraction of sp³-hybridized carbons (Fsp3) is 0.642. The smallest absolute Gasteiger partial charge is 0.268 e. The van der Waals surface area contributed by atoms with Gasteiger partial charge in [-0.3, -0.25) is 9.36 Å². The number of rotatable bonds is 42. The van der Waals surface area contributed by atoms with E-state index in [2.05, 4.69) is 116 Å². The molecule has 0 radical (unpaired) electrons. The zero-order valence-electron chi connectivity index (χ0n) is 40.0. The Bertz CT molecular complexity index is 1370. The largest absolute Gasteiger partial charge is 0.756 e. The predicted octanol–water partition coefficient (Wildman–Crippen LogP) is 13.4. The number of aliphatic hydroxyl groups is 1. The first-order valence-electron chi connectivity index (χ1n) is 24.2. The van der Waals surface area contributed by atoms with Gasteiger partial charge in [0.15, 0.2) is 0 Å². The van der Waals surface area contributed by atoms with E-state index in [1.54, 1.807) is 6.08 Å². The van der Waals surface area contributed by atoms with Gasteiger partial charge in [-0.15, -0.1) is 0 Å². The second-order valence-electron chi connectivity index (χ2n) is 17.1. The normalized spacial score (nSPS) is 15.1. The van der Waals surface area contributed by atoms with Gasteiger partial charge >= 0.3 is 0 Å². The van der Waals surface area contributed by atoms with Gasteiger partial charge in [0.05, 0.1) is 39.9 Å². The van der Waals surface area contributed by atoms with Gasteiger partial charge in [-0.05, 0) is 83.5 Å². The Kier molecular flexibility index (Phi) is 41.4. The van der Waals surface area contributed by atoms with Crippen LogP contribution in [0.25, 0.3) is 0 Å². The molecule has 9 heteroatoms. The van der Waals surface area contributed by atoms with Crippen LogP contribution < -0.4 is 10.2 Å². The van der Waals surface area contributed by atoms with Gasteiger partial charge in [-0.1, -0.05) is 187 Å². The van der Waals surface area contributed by atoms with E-state index < -0.39 is 26.6 Å². The Morgan fingerprint density at radius 2 is 1.00 bits per heavy atom. The highest BCUT2D eigenvalue weighted by Gasteiger charge is 2.23. The summed E-state index contributed by atoms with van der Waals surface area (Å²) in [4.78, 5) is 25.2. The quantitative estimate of drug-likeness (QED) is 0.0274. The number of nitrogens with one attached hydrogen (secondary N) is 1. The summed E-state index contributed by atoms with van der Waals surface area (Å²) < 4.78 is 23.1. The number of phosphoric ester groups is 1. The van der Waals surface area contributed by atoms with Crippen LogP contribution in [0.3, 0.4) is 0 Å². The molecule has 0 aromatic carbocycles. The number of hydrogen-bond donors (Lipinski definition) is 2. The average molecular weight is 883 g/mol. The number of aliphatic hydroxyl groups excluding tert-OH is 1. The van der Waals surface area contributed by atoms with Crippen molar-refractivity contribution in [2.75, 3.05) is 40.9 Å². The predicted molar refractivity (Wildman–Crippen MR) is 265 cm³/mol. The summed E-state index contributed by atoms with van der Waals surface area (Å²) in [7, 11) is 1.22. The third-order valence-corrected chi connectivity index (χ3v) is 10.9. The molecule has 3 unspecified atom stereocenters. The summed E-state index contributed by atoms with van der Waals surface area (Å²) in [5.74, 6) is -0.222. The lowest BCUT2D eigenvalue weighted by Crippen LogP contribution is -2.45. The molecule has 3 atom stereocenters. The lowest BCUT2D eigenvalue weighted by molar-refractivity contribution is -0.870. The van der Waals surface area contributed by atoms with E-state index in [1.807, 2.05) is 27.2 Å². The van der Waals surface area contributed by atoms with Gasteiger partial charge in [-0.2, -0.15) is 0 Å². The second-order valence-corrected chi connectivity index (χ2v) is 18.5. The maximum atomic E-state index is 12.8. The zero-order chi connectivity index (χ0) is 45.7. The van der Waals surface area contributed by atoms with Crippen LogP contribution in [0.2, 0.25) is 0 Å². The average Bonchev–Trinajstić information content (AvgIpc) is 3.23. The minimum absolute atomic E-state index is 0.0128. The molecule has 2 N–H and O–H groups in total. The summed E-state index contributed by atoms with van der Waals surface area (Å²) in [6.45, 7) is 4.37. The van der Waals surface area contributed by atoms with E-state index in [1.165, 1.54) is 57.8 Å². The molecule has 0 aliphatic carbocycles. The Morgan fingerprint density at radius 3 is 1.48 bits per heavy atom. The molecule has 0 aliphatic rings. The highest BCUT2D eigenvalue weighted by Crippen LogP contribution is 2.38.